The molecule has 0 saturated heterocycles. The highest BCUT2D eigenvalue weighted by Crippen LogP contribution is 2.17. The summed E-state index contributed by atoms with van der Waals surface area (Å²) in [6, 6.07) is 10.3. The fraction of sp³-hybridized carbons (Fsp3) is 0.312. The van der Waals surface area contributed by atoms with E-state index < -0.39 is 0 Å². The second-order valence-corrected chi connectivity index (χ2v) is 3.94. The molecule has 0 amide bonds. The number of hydrogen-bond donors (Lipinski definition) is 0. The molecule has 1 heteroatoms. The molecule has 0 fully saturated rings. The van der Waals surface area contributed by atoms with Crippen molar-refractivity contribution in [1.82, 2.24) is 4.98 Å². The molecule has 0 saturated carbocycles. The molecule has 0 N–H and O–H groups in total. The summed E-state index contributed by atoms with van der Waals surface area (Å²) < 4.78 is 0. The van der Waals surface area contributed by atoms with Gasteiger partial charge < -0.3 is 0 Å². The van der Waals surface area contributed by atoms with Crippen molar-refractivity contribution in [3.05, 3.63) is 48.2 Å². The Hall–Kier alpha value is -1.63. The van der Waals surface area contributed by atoms with Crippen LogP contribution in [0.2, 0.25) is 0 Å². The Labute approximate surface area is 104 Å². The van der Waals surface area contributed by atoms with Crippen molar-refractivity contribution in [2.75, 3.05) is 0 Å². The highest BCUT2D eigenvalue weighted by molar-refractivity contribution is 5.87. The third-order valence-electron chi connectivity index (χ3n) is 2.22. The lowest BCUT2D eigenvalue weighted by molar-refractivity contribution is 1.09. The lowest BCUT2D eigenvalue weighted by Gasteiger charge is -2.00. The fourth-order valence-electron chi connectivity index (χ4n) is 1.51. The number of fused-ring (bicyclic) bond motifs is 1. The van der Waals surface area contributed by atoms with Gasteiger partial charge in [0.2, 0.25) is 0 Å². The summed E-state index contributed by atoms with van der Waals surface area (Å²) in [6.07, 6.45) is 8.50. The van der Waals surface area contributed by atoms with Gasteiger partial charge in [0.15, 0.2) is 0 Å². The number of aromatic nitrogens is 1. The van der Waals surface area contributed by atoms with Crippen LogP contribution in [0.5, 0.6) is 0 Å². The van der Waals surface area contributed by atoms with E-state index in [0.29, 0.717) is 0 Å². The van der Waals surface area contributed by atoms with E-state index in [0.717, 1.165) is 11.9 Å². The van der Waals surface area contributed by atoms with E-state index >= 15 is 0 Å². The predicted octanol–water partition coefficient (Wildman–Crippen LogP) is 5.07. The van der Waals surface area contributed by atoms with Crippen molar-refractivity contribution >= 4 is 17.0 Å². The Bertz CT molecular complexity index is 466. The van der Waals surface area contributed by atoms with Crippen LogP contribution in [-0.4, -0.2) is 4.98 Å². The second kappa shape index (κ2) is 7.61. The van der Waals surface area contributed by atoms with Gasteiger partial charge in [-0.3, -0.25) is 4.98 Å². The Morgan fingerprint density at radius 2 is 1.76 bits per heavy atom. The zero-order valence-electron chi connectivity index (χ0n) is 11.0. The molecule has 0 unspecified atom stereocenters. The van der Waals surface area contributed by atoms with Gasteiger partial charge in [-0.25, -0.2) is 0 Å². The number of rotatable bonds is 2. The van der Waals surface area contributed by atoms with Gasteiger partial charge in [0.25, 0.3) is 0 Å². The number of pyridine rings is 1. The van der Waals surface area contributed by atoms with Crippen LogP contribution in [0.4, 0.5) is 0 Å². The van der Waals surface area contributed by atoms with Crippen LogP contribution >= 0.6 is 0 Å². The summed E-state index contributed by atoms with van der Waals surface area (Å²) in [5.74, 6) is 0. The minimum absolute atomic E-state index is 1.06. The van der Waals surface area contributed by atoms with Gasteiger partial charge in [-0.15, -0.1) is 0 Å². The van der Waals surface area contributed by atoms with E-state index in [1.807, 2.05) is 24.4 Å². The summed E-state index contributed by atoms with van der Waals surface area (Å²) in [5.41, 5.74) is 2.31. The van der Waals surface area contributed by atoms with Crippen molar-refractivity contribution < 1.29 is 0 Å². The van der Waals surface area contributed by atoms with Crippen LogP contribution < -0.4 is 0 Å². The molecule has 17 heavy (non-hydrogen) atoms. The monoisotopic (exact) mass is 227 g/mol. The number of hydrogen-bond acceptors (Lipinski definition) is 1. The summed E-state index contributed by atoms with van der Waals surface area (Å²) in [5, 5.41) is 1.22. The normalized spacial score (nSPS) is 10.3. The van der Waals surface area contributed by atoms with Crippen molar-refractivity contribution in [2.24, 2.45) is 0 Å². The average Bonchev–Trinajstić information content (AvgIpc) is 2.37. The van der Waals surface area contributed by atoms with Gasteiger partial charge in [-0.05, 0) is 24.1 Å². The molecule has 0 aliphatic carbocycles. The molecule has 0 spiro atoms. The average molecular weight is 227 g/mol. The van der Waals surface area contributed by atoms with E-state index in [2.05, 4.69) is 50.0 Å². The van der Waals surface area contributed by atoms with E-state index in [1.165, 1.54) is 17.4 Å². The van der Waals surface area contributed by atoms with Gasteiger partial charge in [0, 0.05) is 11.6 Å². The van der Waals surface area contributed by atoms with Gasteiger partial charge in [-0.2, -0.15) is 0 Å². The minimum atomic E-state index is 1.06. The molecule has 1 heterocycles. The summed E-state index contributed by atoms with van der Waals surface area (Å²) in [4.78, 5) is 4.32. The molecule has 2 aromatic rings. The fourth-order valence-corrected chi connectivity index (χ4v) is 1.51. The van der Waals surface area contributed by atoms with E-state index in [-0.39, 0.29) is 0 Å². The van der Waals surface area contributed by atoms with Crippen LogP contribution in [0, 0.1) is 0 Å². The number of para-hydroxylation sites is 1. The lowest BCUT2D eigenvalue weighted by Crippen LogP contribution is -1.81. The first-order valence-electron chi connectivity index (χ1n) is 6.33. The zero-order valence-corrected chi connectivity index (χ0v) is 11.0. The maximum atomic E-state index is 4.32. The molecule has 90 valence electrons. The van der Waals surface area contributed by atoms with Crippen molar-refractivity contribution in [3.8, 4) is 0 Å². The molecule has 0 bridgehead atoms. The Balaban J connectivity index is 0.000000437. The first kappa shape index (κ1) is 13.4. The third-order valence-corrected chi connectivity index (χ3v) is 2.22. The maximum Gasteiger partial charge on any atom is 0.0707 e. The first-order valence-corrected chi connectivity index (χ1v) is 6.33. The molecular formula is C16H21N. The molecule has 1 aromatic heterocycles. The number of nitrogens with zero attached hydrogens (tertiary/aromatic N) is 1. The lowest BCUT2D eigenvalue weighted by atomic mass is 10.1. The smallest absolute Gasteiger partial charge is 0.0707 e. The van der Waals surface area contributed by atoms with Crippen LogP contribution in [0.1, 0.15) is 39.2 Å². The Kier molecular flexibility index (Phi) is 6.02. The van der Waals surface area contributed by atoms with Crippen molar-refractivity contribution in [1.29, 1.82) is 0 Å². The molecule has 0 radical (unpaired) electrons. The predicted molar refractivity (Wildman–Crippen MR) is 77.0 cm³/mol. The van der Waals surface area contributed by atoms with Crippen LogP contribution in [0.25, 0.3) is 17.0 Å². The molecule has 0 atom stereocenters. The Morgan fingerprint density at radius 3 is 2.47 bits per heavy atom. The molecule has 0 aliphatic rings. The highest BCUT2D eigenvalue weighted by Gasteiger charge is 1.96. The van der Waals surface area contributed by atoms with Crippen LogP contribution in [-0.2, 0) is 0 Å². The van der Waals surface area contributed by atoms with Crippen molar-refractivity contribution in [3.63, 3.8) is 0 Å². The quantitative estimate of drug-likeness (QED) is 0.697. The topological polar surface area (TPSA) is 12.9 Å². The minimum Gasteiger partial charge on any atom is -0.256 e. The van der Waals surface area contributed by atoms with Gasteiger partial charge in [-0.1, -0.05) is 57.5 Å². The van der Waals surface area contributed by atoms with E-state index in [9.17, 15) is 0 Å². The number of allylic oxidation sites excluding steroid dienone is 1. The van der Waals surface area contributed by atoms with E-state index in [4.69, 9.17) is 0 Å². The second-order valence-electron chi connectivity index (χ2n) is 3.94. The molecule has 1 nitrogen and oxygen atoms in total. The highest BCUT2D eigenvalue weighted by atomic mass is 14.6. The SMILES string of the molecule is CC/C=C/c1ccnc2ccccc12.CCC. The van der Waals surface area contributed by atoms with Crippen LogP contribution in [0.3, 0.4) is 0 Å². The third kappa shape index (κ3) is 4.03. The molecule has 0 aliphatic heterocycles. The molecule has 2 rings (SSSR count). The van der Waals surface area contributed by atoms with Crippen molar-refractivity contribution in [2.45, 2.75) is 33.6 Å². The maximum absolute atomic E-state index is 4.32. The van der Waals surface area contributed by atoms with Gasteiger partial charge in [0.05, 0.1) is 5.52 Å². The largest absolute Gasteiger partial charge is 0.256 e. The summed E-state index contributed by atoms with van der Waals surface area (Å²) >= 11 is 0. The standard InChI is InChI=1S/C13H13N.C3H8/c1-2-3-6-11-9-10-14-13-8-5-4-7-12(11)13;1-3-2/h3-10H,2H2,1H3;3H2,1-2H3/b6-3+;. The van der Waals surface area contributed by atoms with Gasteiger partial charge in [0.1, 0.15) is 0 Å². The number of benzene rings is 1. The molecule has 1 aromatic carbocycles. The van der Waals surface area contributed by atoms with Gasteiger partial charge >= 0.3 is 0 Å². The molecular weight excluding hydrogens is 206 g/mol. The zero-order chi connectivity index (χ0) is 12.5. The van der Waals surface area contributed by atoms with E-state index in [1.54, 1.807) is 0 Å². The first-order chi connectivity index (χ1) is 8.33. The summed E-state index contributed by atoms with van der Waals surface area (Å²) in [7, 11) is 0. The van der Waals surface area contributed by atoms with Crippen LogP contribution in [0.15, 0.2) is 42.6 Å². The Morgan fingerprint density at radius 1 is 1.06 bits per heavy atom. The summed E-state index contributed by atoms with van der Waals surface area (Å²) in [6.45, 7) is 6.39.